The van der Waals surface area contributed by atoms with E-state index in [9.17, 15) is 4.79 Å². The summed E-state index contributed by atoms with van der Waals surface area (Å²) in [4.78, 5) is 21.1. The van der Waals surface area contributed by atoms with Crippen LogP contribution >= 0.6 is 0 Å². The fourth-order valence-electron chi connectivity index (χ4n) is 3.63. The van der Waals surface area contributed by atoms with Crippen molar-refractivity contribution in [2.45, 2.75) is 32.0 Å². The molecule has 0 aliphatic heterocycles. The van der Waals surface area contributed by atoms with Gasteiger partial charge in [0.2, 0.25) is 5.91 Å². The molecule has 1 aliphatic carbocycles. The number of likely N-dealkylation sites (N-methyl/N-ethyl adjacent to an activating group) is 1. The van der Waals surface area contributed by atoms with Crippen molar-refractivity contribution in [1.29, 1.82) is 0 Å². The Labute approximate surface area is 171 Å². The third-order valence-electron chi connectivity index (χ3n) is 5.49. The number of fused-ring (bicyclic) bond motifs is 1. The maximum Gasteiger partial charge on any atom is 0.236 e. The molecular weight excluding hydrogens is 362 g/mol. The van der Waals surface area contributed by atoms with Crippen LogP contribution in [0.15, 0.2) is 60.9 Å². The van der Waals surface area contributed by atoms with Gasteiger partial charge in [-0.25, -0.2) is 0 Å². The lowest BCUT2D eigenvalue weighted by Crippen LogP contribution is -2.38. The summed E-state index contributed by atoms with van der Waals surface area (Å²) in [5.41, 5.74) is 2.33. The summed E-state index contributed by atoms with van der Waals surface area (Å²) in [7, 11) is 3.56. The SMILES string of the molecule is COc1ccc2cc(CN(C)C(=O)CN(Cc3ccncc3)C3CC3)ccc2c1. The van der Waals surface area contributed by atoms with Gasteiger partial charge in [0.15, 0.2) is 0 Å². The maximum atomic E-state index is 12.9. The first kappa shape index (κ1) is 19.4. The number of nitrogens with zero attached hydrogens (tertiary/aromatic N) is 3. The highest BCUT2D eigenvalue weighted by Crippen LogP contribution is 2.28. The third kappa shape index (κ3) is 4.93. The van der Waals surface area contributed by atoms with Gasteiger partial charge in [0.05, 0.1) is 13.7 Å². The fourth-order valence-corrected chi connectivity index (χ4v) is 3.63. The van der Waals surface area contributed by atoms with Crippen molar-refractivity contribution >= 4 is 16.7 Å². The molecule has 0 unspecified atom stereocenters. The molecule has 2 aromatic carbocycles. The van der Waals surface area contributed by atoms with Gasteiger partial charge in [-0.1, -0.05) is 18.2 Å². The molecule has 0 saturated heterocycles. The minimum Gasteiger partial charge on any atom is -0.497 e. The number of methoxy groups -OCH3 is 1. The van der Waals surface area contributed by atoms with Crippen LogP contribution in [0.2, 0.25) is 0 Å². The summed E-state index contributed by atoms with van der Waals surface area (Å²) >= 11 is 0. The van der Waals surface area contributed by atoms with Crippen LogP contribution in [0.4, 0.5) is 0 Å². The number of ether oxygens (including phenoxy) is 1. The Kier molecular flexibility index (Phi) is 5.76. The predicted molar refractivity (Wildman–Crippen MR) is 115 cm³/mol. The molecule has 1 heterocycles. The number of aromatic nitrogens is 1. The lowest BCUT2D eigenvalue weighted by molar-refractivity contribution is -0.132. The first-order chi connectivity index (χ1) is 14.1. The van der Waals surface area contributed by atoms with Gasteiger partial charge in [-0.2, -0.15) is 0 Å². The van der Waals surface area contributed by atoms with Gasteiger partial charge >= 0.3 is 0 Å². The van der Waals surface area contributed by atoms with Gasteiger partial charge in [-0.05, 0) is 65.1 Å². The van der Waals surface area contributed by atoms with Gasteiger partial charge in [0.1, 0.15) is 5.75 Å². The number of pyridine rings is 1. The van der Waals surface area contributed by atoms with E-state index in [0.717, 1.165) is 28.6 Å². The molecule has 0 bridgehead atoms. The van der Waals surface area contributed by atoms with Crippen molar-refractivity contribution in [3.63, 3.8) is 0 Å². The number of carbonyl (C=O) groups is 1. The number of hydrogen-bond donors (Lipinski definition) is 0. The van der Waals surface area contributed by atoms with Gasteiger partial charge in [0.25, 0.3) is 0 Å². The first-order valence-electron chi connectivity index (χ1n) is 10.1. The molecule has 1 aliphatic rings. The van der Waals surface area contributed by atoms with E-state index in [1.807, 2.05) is 48.6 Å². The minimum atomic E-state index is 0.154. The Morgan fingerprint density at radius 1 is 1.00 bits per heavy atom. The Bertz CT molecular complexity index is 986. The second-order valence-corrected chi connectivity index (χ2v) is 7.79. The molecule has 0 radical (unpaired) electrons. The average Bonchev–Trinajstić information content (AvgIpc) is 3.59. The van der Waals surface area contributed by atoms with Crippen LogP contribution in [0.1, 0.15) is 24.0 Å². The van der Waals surface area contributed by atoms with Crippen molar-refractivity contribution in [3.05, 3.63) is 72.1 Å². The van der Waals surface area contributed by atoms with Gasteiger partial charge in [-0.3, -0.25) is 14.7 Å². The van der Waals surface area contributed by atoms with Crippen molar-refractivity contribution < 1.29 is 9.53 Å². The average molecular weight is 389 g/mol. The molecule has 0 N–H and O–H groups in total. The minimum absolute atomic E-state index is 0.154. The summed E-state index contributed by atoms with van der Waals surface area (Å²) < 4.78 is 5.29. The van der Waals surface area contributed by atoms with E-state index < -0.39 is 0 Å². The van der Waals surface area contributed by atoms with E-state index in [1.54, 1.807) is 7.11 Å². The van der Waals surface area contributed by atoms with E-state index in [4.69, 9.17) is 4.74 Å². The van der Waals surface area contributed by atoms with E-state index in [1.165, 1.54) is 18.4 Å². The van der Waals surface area contributed by atoms with Crippen LogP contribution in [-0.2, 0) is 17.9 Å². The number of amides is 1. The van der Waals surface area contributed by atoms with Crippen LogP contribution in [0, 0.1) is 0 Å². The molecule has 5 heteroatoms. The van der Waals surface area contributed by atoms with Crippen molar-refractivity contribution in [2.24, 2.45) is 0 Å². The van der Waals surface area contributed by atoms with Crippen LogP contribution in [-0.4, -0.2) is 47.4 Å². The second kappa shape index (κ2) is 8.62. The molecule has 0 spiro atoms. The first-order valence-corrected chi connectivity index (χ1v) is 10.1. The topological polar surface area (TPSA) is 45.7 Å². The highest BCUT2D eigenvalue weighted by Gasteiger charge is 2.30. The summed E-state index contributed by atoms with van der Waals surface area (Å²) in [5.74, 6) is 1.01. The molecule has 0 atom stereocenters. The van der Waals surface area contributed by atoms with Crippen LogP contribution < -0.4 is 4.74 Å². The van der Waals surface area contributed by atoms with Crippen LogP contribution in [0.25, 0.3) is 10.8 Å². The molecule has 3 aromatic rings. The maximum absolute atomic E-state index is 12.9. The second-order valence-electron chi connectivity index (χ2n) is 7.79. The number of hydrogen-bond acceptors (Lipinski definition) is 4. The molecule has 5 nitrogen and oxygen atoms in total. The Balaban J connectivity index is 1.40. The lowest BCUT2D eigenvalue weighted by Gasteiger charge is -2.25. The summed E-state index contributed by atoms with van der Waals surface area (Å²) in [5, 5.41) is 2.29. The molecule has 1 amide bonds. The fraction of sp³-hybridized carbons (Fsp3) is 0.333. The van der Waals surface area contributed by atoms with Crippen LogP contribution in [0.5, 0.6) is 5.75 Å². The lowest BCUT2D eigenvalue weighted by atomic mass is 10.1. The zero-order chi connectivity index (χ0) is 20.2. The molecule has 29 heavy (non-hydrogen) atoms. The quantitative estimate of drug-likeness (QED) is 0.587. The summed E-state index contributed by atoms with van der Waals surface area (Å²) in [6.45, 7) is 1.85. The molecule has 1 saturated carbocycles. The molecule has 1 fully saturated rings. The third-order valence-corrected chi connectivity index (χ3v) is 5.49. The standard InChI is InChI=1S/C24H27N3O2/c1-26(15-19-3-4-21-14-23(29-2)8-5-20(21)13-19)24(28)17-27(22-6-7-22)16-18-9-11-25-12-10-18/h3-5,8-14,22H,6-7,15-17H2,1-2H3. The van der Waals surface area contributed by atoms with E-state index in [2.05, 4.69) is 34.1 Å². The normalized spacial score (nSPS) is 13.6. The van der Waals surface area contributed by atoms with Crippen molar-refractivity contribution in [2.75, 3.05) is 20.7 Å². The van der Waals surface area contributed by atoms with Crippen LogP contribution in [0.3, 0.4) is 0 Å². The van der Waals surface area contributed by atoms with E-state index in [-0.39, 0.29) is 5.91 Å². The van der Waals surface area contributed by atoms with E-state index >= 15 is 0 Å². The molecule has 150 valence electrons. The number of benzene rings is 2. The van der Waals surface area contributed by atoms with Gasteiger partial charge < -0.3 is 9.64 Å². The Morgan fingerprint density at radius 3 is 2.45 bits per heavy atom. The largest absolute Gasteiger partial charge is 0.497 e. The monoisotopic (exact) mass is 389 g/mol. The van der Waals surface area contributed by atoms with E-state index in [0.29, 0.717) is 19.1 Å². The summed E-state index contributed by atoms with van der Waals surface area (Å²) in [6, 6.07) is 16.9. The summed E-state index contributed by atoms with van der Waals surface area (Å²) in [6.07, 6.45) is 5.97. The number of rotatable bonds is 8. The smallest absolute Gasteiger partial charge is 0.236 e. The Morgan fingerprint density at radius 2 is 1.72 bits per heavy atom. The zero-order valence-electron chi connectivity index (χ0n) is 17.0. The highest BCUT2D eigenvalue weighted by atomic mass is 16.5. The Hall–Kier alpha value is -2.92. The van der Waals surface area contributed by atoms with Crippen molar-refractivity contribution in [3.8, 4) is 5.75 Å². The predicted octanol–water partition coefficient (Wildman–Crippen LogP) is 3.87. The van der Waals surface area contributed by atoms with Crippen molar-refractivity contribution in [1.82, 2.24) is 14.8 Å². The molecule has 1 aromatic heterocycles. The zero-order valence-corrected chi connectivity index (χ0v) is 17.0. The number of carbonyl (C=O) groups excluding carboxylic acids is 1. The van der Waals surface area contributed by atoms with Gasteiger partial charge in [0, 0.05) is 38.6 Å². The molecular formula is C24H27N3O2. The molecule has 4 rings (SSSR count). The highest BCUT2D eigenvalue weighted by molar-refractivity contribution is 5.84. The van der Waals surface area contributed by atoms with Gasteiger partial charge in [-0.15, -0.1) is 0 Å².